The van der Waals surface area contributed by atoms with Crippen molar-refractivity contribution in [3.05, 3.63) is 35.4 Å². The van der Waals surface area contributed by atoms with Gasteiger partial charge >= 0.3 is 0 Å². The molecule has 0 bridgehead atoms. The van der Waals surface area contributed by atoms with Crippen LogP contribution in [0.2, 0.25) is 0 Å². The van der Waals surface area contributed by atoms with Crippen LogP contribution in [0.25, 0.3) is 0 Å². The smallest absolute Gasteiger partial charge is 0.0233 e. The normalized spacial score (nSPS) is 21.8. The average Bonchev–Trinajstić information content (AvgIpc) is 3.03. The van der Waals surface area contributed by atoms with Gasteiger partial charge in [-0.3, -0.25) is 9.80 Å². The van der Waals surface area contributed by atoms with Gasteiger partial charge in [0.2, 0.25) is 0 Å². The van der Waals surface area contributed by atoms with Gasteiger partial charge in [-0.2, -0.15) is 0 Å². The molecular weight excluding hydrogens is 220 g/mol. The summed E-state index contributed by atoms with van der Waals surface area (Å²) in [6.07, 6.45) is 5.53. The van der Waals surface area contributed by atoms with Crippen LogP contribution in [0.3, 0.4) is 0 Å². The van der Waals surface area contributed by atoms with Crippen molar-refractivity contribution in [2.45, 2.75) is 38.8 Å². The van der Waals surface area contributed by atoms with Gasteiger partial charge in [0.25, 0.3) is 0 Å². The second kappa shape index (κ2) is 5.85. The van der Waals surface area contributed by atoms with Gasteiger partial charge in [0.1, 0.15) is 0 Å². The van der Waals surface area contributed by atoms with Gasteiger partial charge < -0.3 is 0 Å². The van der Waals surface area contributed by atoms with Crippen LogP contribution in [0.1, 0.15) is 36.8 Å². The van der Waals surface area contributed by atoms with Crippen LogP contribution in [0.15, 0.2) is 24.3 Å². The first kappa shape index (κ1) is 12.2. The average molecular weight is 244 g/mol. The second-order valence-electron chi connectivity index (χ2n) is 5.79. The standard InChI is InChI=1S/C16H24N2/c1-2-9-17(8-1)13-15-6-5-7-16(12-15)14-18-10-3-4-11-18/h5-7,12H,1-4,8-11,13-14H2. The monoisotopic (exact) mass is 244 g/mol. The highest BCUT2D eigenvalue weighted by atomic mass is 15.1. The molecule has 0 aliphatic carbocycles. The molecule has 2 heterocycles. The highest BCUT2D eigenvalue weighted by Gasteiger charge is 2.13. The predicted molar refractivity (Wildman–Crippen MR) is 75.5 cm³/mol. The number of hydrogen-bond acceptors (Lipinski definition) is 2. The topological polar surface area (TPSA) is 6.48 Å². The molecular formula is C16H24N2. The number of rotatable bonds is 4. The number of nitrogens with zero attached hydrogens (tertiary/aromatic N) is 2. The Labute approximate surface area is 111 Å². The summed E-state index contributed by atoms with van der Waals surface area (Å²) < 4.78 is 0. The molecule has 1 aromatic carbocycles. The zero-order valence-electron chi connectivity index (χ0n) is 11.3. The Bertz CT molecular complexity index is 343. The van der Waals surface area contributed by atoms with Crippen LogP contribution in [-0.4, -0.2) is 36.0 Å². The van der Waals surface area contributed by atoms with Gasteiger partial charge in [-0.1, -0.05) is 24.3 Å². The Morgan fingerprint density at radius 3 is 1.61 bits per heavy atom. The summed E-state index contributed by atoms with van der Waals surface area (Å²) in [5, 5.41) is 0. The summed E-state index contributed by atoms with van der Waals surface area (Å²) in [5.41, 5.74) is 2.99. The summed E-state index contributed by atoms with van der Waals surface area (Å²) in [4.78, 5) is 5.16. The van der Waals surface area contributed by atoms with Crippen LogP contribution in [0.5, 0.6) is 0 Å². The molecule has 98 valence electrons. The van der Waals surface area contributed by atoms with E-state index in [0.717, 1.165) is 13.1 Å². The second-order valence-corrected chi connectivity index (χ2v) is 5.79. The molecule has 0 atom stereocenters. The molecule has 3 rings (SSSR count). The van der Waals surface area contributed by atoms with Gasteiger partial charge in [-0.05, 0) is 63.0 Å². The SMILES string of the molecule is c1cc(CN2CCCC2)cc(CN2CCCC2)c1. The van der Waals surface area contributed by atoms with E-state index in [4.69, 9.17) is 0 Å². The van der Waals surface area contributed by atoms with Crippen LogP contribution >= 0.6 is 0 Å². The fourth-order valence-corrected chi connectivity index (χ4v) is 3.22. The van der Waals surface area contributed by atoms with E-state index < -0.39 is 0 Å². The summed E-state index contributed by atoms with van der Waals surface area (Å²) in [6.45, 7) is 7.45. The fourth-order valence-electron chi connectivity index (χ4n) is 3.22. The summed E-state index contributed by atoms with van der Waals surface area (Å²) in [5.74, 6) is 0. The maximum atomic E-state index is 2.58. The maximum absolute atomic E-state index is 2.58. The largest absolute Gasteiger partial charge is 0.299 e. The molecule has 18 heavy (non-hydrogen) atoms. The first-order valence-corrected chi connectivity index (χ1v) is 7.43. The quantitative estimate of drug-likeness (QED) is 0.803. The van der Waals surface area contributed by atoms with Gasteiger partial charge in [0.05, 0.1) is 0 Å². The zero-order chi connectivity index (χ0) is 12.2. The predicted octanol–water partition coefficient (Wildman–Crippen LogP) is 2.88. The van der Waals surface area contributed by atoms with E-state index >= 15 is 0 Å². The van der Waals surface area contributed by atoms with E-state index in [1.807, 2.05) is 0 Å². The molecule has 2 nitrogen and oxygen atoms in total. The molecule has 0 N–H and O–H groups in total. The molecule has 0 spiro atoms. The van der Waals surface area contributed by atoms with E-state index in [2.05, 4.69) is 34.1 Å². The molecule has 2 heteroatoms. The van der Waals surface area contributed by atoms with E-state index in [-0.39, 0.29) is 0 Å². The summed E-state index contributed by atoms with van der Waals surface area (Å²) in [6, 6.07) is 9.21. The minimum Gasteiger partial charge on any atom is -0.299 e. The maximum Gasteiger partial charge on any atom is 0.0233 e. The number of likely N-dealkylation sites (tertiary alicyclic amines) is 2. The zero-order valence-corrected chi connectivity index (χ0v) is 11.3. The van der Waals surface area contributed by atoms with Crippen molar-refractivity contribution in [2.75, 3.05) is 26.2 Å². The molecule has 0 amide bonds. The van der Waals surface area contributed by atoms with E-state index in [1.54, 1.807) is 0 Å². The third-order valence-corrected chi connectivity index (χ3v) is 4.20. The Hall–Kier alpha value is -0.860. The first-order chi connectivity index (χ1) is 8.90. The van der Waals surface area contributed by atoms with Crippen molar-refractivity contribution in [3.8, 4) is 0 Å². The third-order valence-electron chi connectivity index (χ3n) is 4.20. The van der Waals surface area contributed by atoms with E-state index in [1.165, 1.54) is 63.0 Å². The Kier molecular flexibility index (Phi) is 3.96. The number of benzene rings is 1. The van der Waals surface area contributed by atoms with Crippen molar-refractivity contribution in [1.29, 1.82) is 0 Å². The van der Waals surface area contributed by atoms with Gasteiger partial charge in [-0.25, -0.2) is 0 Å². The molecule has 2 aliphatic rings. The molecule has 0 saturated carbocycles. The highest BCUT2D eigenvalue weighted by Crippen LogP contribution is 2.16. The third kappa shape index (κ3) is 3.12. The molecule has 0 unspecified atom stereocenters. The van der Waals surface area contributed by atoms with E-state index in [0.29, 0.717) is 0 Å². The molecule has 1 aromatic rings. The lowest BCUT2D eigenvalue weighted by molar-refractivity contribution is 0.326. The van der Waals surface area contributed by atoms with Crippen LogP contribution < -0.4 is 0 Å². The van der Waals surface area contributed by atoms with Crippen molar-refractivity contribution in [3.63, 3.8) is 0 Å². The minimum absolute atomic E-state index is 1.15. The fraction of sp³-hybridized carbons (Fsp3) is 0.625. The van der Waals surface area contributed by atoms with Crippen LogP contribution in [-0.2, 0) is 13.1 Å². The lowest BCUT2D eigenvalue weighted by Crippen LogP contribution is -2.20. The van der Waals surface area contributed by atoms with Crippen molar-refractivity contribution in [2.24, 2.45) is 0 Å². The lowest BCUT2D eigenvalue weighted by Gasteiger charge is -2.17. The van der Waals surface area contributed by atoms with Gasteiger partial charge in [-0.15, -0.1) is 0 Å². The molecule has 0 radical (unpaired) electrons. The molecule has 0 aromatic heterocycles. The Morgan fingerprint density at radius 1 is 0.722 bits per heavy atom. The minimum atomic E-state index is 1.15. The highest BCUT2D eigenvalue weighted by molar-refractivity contribution is 5.23. The van der Waals surface area contributed by atoms with Crippen LogP contribution in [0.4, 0.5) is 0 Å². The van der Waals surface area contributed by atoms with Crippen molar-refractivity contribution in [1.82, 2.24) is 9.80 Å². The van der Waals surface area contributed by atoms with Crippen molar-refractivity contribution < 1.29 is 0 Å². The summed E-state index contributed by atoms with van der Waals surface area (Å²) >= 11 is 0. The Balaban J connectivity index is 1.60. The number of hydrogen-bond donors (Lipinski definition) is 0. The van der Waals surface area contributed by atoms with Crippen molar-refractivity contribution >= 4 is 0 Å². The molecule has 2 saturated heterocycles. The van der Waals surface area contributed by atoms with Gasteiger partial charge in [0, 0.05) is 13.1 Å². The Morgan fingerprint density at radius 2 is 1.17 bits per heavy atom. The van der Waals surface area contributed by atoms with E-state index in [9.17, 15) is 0 Å². The lowest BCUT2D eigenvalue weighted by atomic mass is 10.1. The molecule has 2 fully saturated rings. The van der Waals surface area contributed by atoms with Crippen LogP contribution in [0, 0.1) is 0 Å². The summed E-state index contributed by atoms with van der Waals surface area (Å²) in [7, 11) is 0. The van der Waals surface area contributed by atoms with Gasteiger partial charge in [0.15, 0.2) is 0 Å². The first-order valence-electron chi connectivity index (χ1n) is 7.43. The molecule has 2 aliphatic heterocycles.